The Kier molecular flexibility index (Phi) is 5.35. The lowest BCUT2D eigenvalue weighted by Crippen LogP contribution is -2.53. The quantitative estimate of drug-likeness (QED) is 0.704. The number of benzene rings is 1. The molecular weight excluding hydrogens is 410 g/mol. The molecule has 0 saturated heterocycles. The van der Waals surface area contributed by atoms with Gasteiger partial charge in [0.25, 0.3) is 0 Å². The van der Waals surface area contributed by atoms with E-state index in [1.807, 2.05) is 18.2 Å². The fourth-order valence-electron chi connectivity index (χ4n) is 7.69. The maximum absolute atomic E-state index is 11.3. The molecule has 1 aliphatic heterocycles. The standard InChI is InChI=1S/C27H33N5O/c28-13-18-2-1-3-19(6-18)15-32-5-4-23-24(16-32)30-17-31-26(23)29-14-25(33)27-10-20-7-21(11-27)9-22(8-20)12-27/h1-3,6,17,20-22,25,33H,4-5,7-12,14-16H2,(H,29,30,31). The Morgan fingerprint density at radius 1 is 1.15 bits per heavy atom. The van der Waals surface area contributed by atoms with Gasteiger partial charge in [-0.15, -0.1) is 0 Å². The number of hydrogen-bond donors (Lipinski definition) is 2. The first-order chi connectivity index (χ1) is 16.1. The number of fused-ring (bicyclic) bond motifs is 1. The molecule has 1 aromatic carbocycles. The largest absolute Gasteiger partial charge is 0.391 e. The summed E-state index contributed by atoms with van der Waals surface area (Å²) in [5.74, 6) is 3.43. The second-order valence-corrected chi connectivity index (χ2v) is 11.1. The summed E-state index contributed by atoms with van der Waals surface area (Å²) in [7, 11) is 0. The molecule has 1 unspecified atom stereocenters. The van der Waals surface area contributed by atoms with E-state index in [1.165, 1.54) is 44.1 Å². The van der Waals surface area contributed by atoms with E-state index in [4.69, 9.17) is 5.26 Å². The number of aliphatic hydroxyl groups is 1. The number of nitrogens with zero attached hydrogens (tertiary/aromatic N) is 4. The minimum atomic E-state index is -0.302. The molecule has 4 fully saturated rings. The molecule has 33 heavy (non-hydrogen) atoms. The Bertz CT molecular complexity index is 1040. The highest BCUT2D eigenvalue weighted by atomic mass is 16.3. The normalized spacial score (nSPS) is 31.1. The Morgan fingerprint density at radius 2 is 1.91 bits per heavy atom. The lowest BCUT2D eigenvalue weighted by molar-refractivity contribution is -0.115. The van der Waals surface area contributed by atoms with E-state index in [0.717, 1.165) is 60.9 Å². The van der Waals surface area contributed by atoms with Crippen LogP contribution in [-0.4, -0.2) is 39.2 Å². The molecule has 4 bridgehead atoms. The van der Waals surface area contributed by atoms with Gasteiger partial charge in [-0.25, -0.2) is 9.97 Å². The van der Waals surface area contributed by atoms with Crippen LogP contribution in [-0.2, 0) is 19.5 Å². The van der Waals surface area contributed by atoms with E-state index in [1.54, 1.807) is 6.33 Å². The van der Waals surface area contributed by atoms with Crippen molar-refractivity contribution in [2.75, 3.05) is 18.4 Å². The summed E-state index contributed by atoms with van der Waals surface area (Å²) < 4.78 is 0. The van der Waals surface area contributed by atoms with E-state index in [9.17, 15) is 5.11 Å². The topological polar surface area (TPSA) is 85.1 Å². The summed E-state index contributed by atoms with van der Waals surface area (Å²) in [4.78, 5) is 11.5. The van der Waals surface area contributed by atoms with Gasteiger partial charge in [0, 0.05) is 31.7 Å². The molecule has 7 rings (SSSR count). The maximum Gasteiger partial charge on any atom is 0.133 e. The van der Waals surface area contributed by atoms with Gasteiger partial charge >= 0.3 is 0 Å². The second-order valence-electron chi connectivity index (χ2n) is 11.1. The van der Waals surface area contributed by atoms with Crippen molar-refractivity contribution >= 4 is 5.82 Å². The second kappa shape index (κ2) is 8.38. The lowest BCUT2D eigenvalue weighted by atomic mass is 9.48. The number of rotatable bonds is 6. The molecule has 1 aromatic heterocycles. The molecule has 0 amide bonds. The predicted octanol–water partition coefficient (Wildman–Crippen LogP) is 3.90. The highest BCUT2D eigenvalue weighted by molar-refractivity contribution is 5.47. The van der Waals surface area contributed by atoms with Crippen molar-refractivity contribution in [1.82, 2.24) is 14.9 Å². The fourth-order valence-corrected chi connectivity index (χ4v) is 7.69. The third-order valence-electron chi connectivity index (χ3n) is 8.80. The summed E-state index contributed by atoms with van der Waals surface area (Å²) in [6.45, 7) is 3.11. The molecule has 2 heterocycles. The first kappa shape index (κ1) is 21.1. The number of nitrogens with one attached hydrogen (secondary N) is 1. The molecule has 2 aromatic rings. The van der Waals surface area contributed by atoms with Crippen LogP contribution in [0.3, 0.4) is 0 Å². The van der Waals surface area contributed by atoms with Crippen molar-refractivity contribution in [3.63, 3.8) is 0 Å². The van der Waals surface area contributed by atoms with Gasteiger partial charge in [-0.3, -0.25) is 4.90 Å². The van der Waals surface area contributed by atoms with E-state index >= 15 is 0 Å². The Balaban J connectivity index is 1.11. The van der Waals surface area contributed by atoms with E-state index in [0.29, 0.717) is 12.1 Å². The molecule has 2 N–H and O–H groups in total. The van der Waals surface area contributed by atoms with Crippen molar-refractivity contribution in [1.29, 1.82) is 5.26 Å². The zero-order valence-corrected chi connectivity index (χ0v) is 19.2. The Labute approximate surface area is 196 Å². The van der Waals surface area contributed by atoms with E-state index < -0.39 is 0 Å². The number of aromatic nitrogens is 2. The van der Waals surface area contributed by atoms with Crippen LogP contribution in [0.1, 0.15) is 60.9 Å². The SMILES string of the molecule is N#Cc1cccc(CN2CCc3c(ncnc3NCC(O)C34CC5CC(CC(C5)C3)C4)C2)c1. The van der Waals surface area contributed by atoms with Gasteiger partial charge in [0.2, 0.25) is 0 Å². The number of anilines is 1. The van der Waals surface area contributed by atoms with Gasteiger partial charge in [-0.05, 0) is 85.8 Å². The van der Waals surface area contributed by atoms with Crippen molar-refractivity contribution < 1.29 is 5.11 Å². The minimum absolute atomic E-state index is 0.129. The number of nitriles is 1. The molecule has 6 heteroatoms. The first-order valence-electron chi connectivity index (χ1n) is 12.6. The third-order valence-corrected chi connectivity index (χ3v) is 8.80. The van der Waals surface area contributed by atoms with Crippen molar-refractivity contribution in [2.24, 2.45) is 23.2 Å². The number of aliphatic hydroxyl groups excluding tert-OH is 1. The smallest absolute Gasteiger partial charge is 0.133 e. The minimum Gasteiger partial charge on any atom is -0.391 e. The van der Waals surface area contributed by atoms with Crippen LogP contribution in [0.5, 0.6) is 0 Å². The summed E-state index contributed by atoms with van der Waals surface area (Å²) in [6.07, 6.45) is 10.1. The molecule has 1 atom stereocenters. The van der Waals surface area contributed by atoms with Crippen molar-refractivity contribution in [2.45, 2.75) is 64.1 Å². The monoisotopic (exact) mass is 443 g/mol. The molecule has 4 aliphatic carbocycles. The summed E-state index contributed by atoms with van der Waals surface area (Å²) in [5, 5.41) is 24.0. The molecule has 5 aliphatic rings. The molecule has 6 nitrogen and oxygen atoms in total. The summed E-state index contributed by atoms with van der Waals surface area (Å²) in [5.41, 5.74) is 4.25. The van der Waals surface area contributed by atoms with Crippen molar-refractivity contribution in [3.05, 3.63) is 53.0 Å². The van der Waals surface area contributed by atoms with Crippen LogP contribution in [0, 0.1) is 34.5 Å². The van der Waals surface area contributed by atoms with Crippen LogP contribution < -0.4 is 5.32 Å². The Morgan fingerprint density at radius 3 is 2.64 bits per heavy atom. The molecule has 0 radical (unpaired) electrons. The molecular formula is C27H33N5O. The summed E-state index contributed by atoms with van der Waals surface area (Å²) in [6, 6.07) is 10.1. The lowest BCUT2D eigenvalue weighted by Gasteiger charge is -2.58. The highest BCUT2D eigenvalue weighted by Crippen LogP contribution is 2.61. The predicted molar refractivity (Wildman–Crippen MR) is 126 cm³/mol. The van der Waals surface area contributed by atoms with Gasteiger partial charge in [-0.1, -0.05) is 12.1 Å². The average molecular weight is 444 g/mol. The zero-order valence-electron chi connectivity index (χ0n) is 19.2. The van der Waals surface area contributed by atoms with Gasteiger partial charge in [0.15, 0.2) is 0 Å². The van der Waals surface area contributed by atoms with Crippen LogP contribution >= 0.6 is 0 Å². The average Bonchev–Trinajstić information content (AvgIpc) is 2.81. The maximum atomic E-state index is 11.3. The van der Waals surface area contributed by atoms with E-state index in [2.05, 4.69) is 32.3 Å². The van der Waals surface area contributed by atoms with Crippen molar-refractivity contribution in [3.8, 4) is 6.07 Å². The van der Waals surface area contributed by atoms with Crippen LogP contribution in [0.4, 0.5) is 5.82 Å². The Hall–Kier alpha value is -2.49. The van der Waals surface area contributed by atoms with Crippen LogP contribution in [0.2, 0.25) is 0 Å². The van der Waals surface area contributed by atoms with Gasteiger partial charge in [0.05, 0.1) is 23.4 Å². The van der Waals surface area contributed by atoms with E-state index in [-0.39, 0.29) is 11.5 Å². The zero-order chi connectivity index (χ0) is 22.4. The highest BCUT2D eigenvalue weighted by Gasteiger charge is 2.53. The summed E-state index contributed by atoms with van der Waals surface area (Å²) >= 11 is 0. The van der Waals surface area contributed by atoms with Crippen LogP contribution in [0.15, 0.2) is 30.6 Å². The van der Waals surface area contributed by atoms with Gasteiger partial charge in [-0.2, -0.15) is 5.26 Å². The first-order valence-corrected chi connectivity index (χ1v) is 12.6. The fraction of sp³-hybridized carbons (Fsp3) is 0.593. The molecule has 172 valence electrons. The van der Waals surface area contributed by atoms with Crippen LogP contribution in [0.25, 0.3) is 0 Å². The third kappa shape index (κ3) is 4.02. The van der Waals surface area contributed by atoms with Gasteiger partial charge in [0.1, 0.15) is 12.1 Å². The van der Waals surface area contributed by atoms with Gasteiger partial charge < -0.3 is 10.4 Å². The molecule has 0 spiro atoms. The number of hydrogen-bond acceptors (Lipinski definition) is 6. The molecule has 4 saturated carbocycles.